The lowest BCUT2D eigenvalue weighted by molar-refractivity contribution is -0.119. The number of carbonyl (C=O) groups excluding carboxylic acids is 2. The van der Waals surface area contributed by atoms with Crippen LogP contribution in [0.5, 0.6) is 5.75 Å². The summed E-state index contributed by atoms with van der Waals surface area (Å²) in [5.74, 6) is -5.00. The molecule has 7 rings (SSSR count). The van der Waals surface area contributed by atoms with Crippen LogP contribution in [-0.2, 0) is 4.79 Å². The Morgan fingerprint density at radius 3 is 2.51 bits per heavy atom. The van der Waals surface area contributed by atoms with Crippen molar-refractivity contribution in [1.82, 2.24) is 30.8 Å². The van der Waals surface area contributed by atoms with Crippen LogP contribution in [0.15, 0.2) is 29.0 Å². The minimum absolute atomic E-state index is 0.0324. The van der Waals surface area contributed by atoms with Crippen molar-refractivity contribution in [3.05, 3.63) is 70.2 Å². The summed E-state index contributed by atoms with van der Waals surface area (Å²) in [6, 6.07) is 1.75. The molecular weight excluding hydrogens is 567 g/mol. The van der Waals surface area contributed by atoms with Gasteiger partial charge in [0, 0.05) is 46.2 Å². The Hall–Kier alpha value is -4.75. The first kappa shape index (κ1) is 27.1. The molecule has 3 aromatic heterocycles. The lowest BCUT2D eigenvalue weighted by Crippen LogP contribution is -2.52. The predicted molar refractivity (Wildman–Crippen MR) is 144 cm³/mol. The maximum absolute atomic E-state index is 15.3. The van der Waals surface area contributed by atoms with Crippen LogP contribution >= 0.6 is 0 Å². The third-order valence-corrected chi connectivity index (χ3v) is 8.52. The van der Waals surface area contributed by atoms with Crippen molar-refractivity contribution in [2.24, 2.45) is 5.41 Å². The lowest BCUT2D eigenvalue weighted by atomic mass is 9.75. The molecule has 11 nitrogen and oxygen atoms in total. The van der Waals surface area contributed by atoms with E-state index in [1.54, 1.807) is 13.8 Å². The van der Waals surface area contributed by atoms with Gasteiger partial charge in [-0.1, -0.05) is 5.16 Å². The molecule has 2 saturated carbocycles. The van der Waals surface area contributed by atoms with E-state index in [9.17, 15) is 18.4 Å². The van der Waals surface area contributed by atoms with Crippen LogP contribution in [0.4, 0.5) is 18.9 Å². The largest absolute Gasteiger partial charge is 0.493 e. The molecule has 2 aliphatic carbocycles. The monoisotopic (exact) mass is 593 g/mol. The van der Waals surface area contributed by atoms with E-state index in [-0.39, 0.29) is 40.9 Å². The zero-order chi connectivity index (χ0) is 30.0. The Morgan fingerprint density at radius 1 is 1.07 bits per heavy atom. The molecule has 14 heteroatoms. The number of H-pyrrole nitrogens is 1. The van der Waals surface area contributed by atoms with E-state index in [4.69, 9.17) is 9.37 Å². The van der Waals surface area contributed by atoms with E-state index >= 15 is 4.39 Å². The molecule has 1 aromatic carbocycles. The predicted octanol–water partition coefficient (Wildman–Crippen LogP) is 4.46. The number of amides is 2. The Labute approximate surface area is 242 Å². The molecule has 0 radical (unpaired) electrons. The fraction of sp³-hybridized carbons (Fsp3) is 0.379. The van der Waals surface area contributed by atoms with Crippen LogP contribution in [-0.4, -0.2) is 50.0 Å². The van der Waals surface area contributed by atoms with Crippen molar-refractivity contribution in [3.63, 3.8) is 0 Å². The minimum Gasteiger partial charge on any atom is -0.493 e. The quantitative estimate of drug-likeness (QED) is 0.285. The molecule has 1 aliphatic heterocycles. The van der Waals surface area contributed by atoms with Gasteiger partial charge < -0.3 is 15.4 Å². The van der Waals surface area contributed by atoms with Crippen LogP contribution in [0, 0.1) is 36.7 Å². The number of aromatic amines is 1. The van der Waals surface area contributed by atoms with Gasteiger partial charge in [-0.3, -0.25) is 19.7 Å². The molecule has 0 saturated heterocycles. The number of ether oxygens (including phenoxy) is 1. The maximum atomic E-state index is 15.3. The first-order valence-electron chi connectivity index (χ1n) is 13.9. The molecule has 1 spiro atoms. The molecular formula is C29H26F3N7O4. The van der Waals surface area contributed by atoms with Gasteiger partial charge in [0.25, 0.3) is 5.91 Å². The summed E-state index contributed by atoms with van der Waals surface area (Å²) in [4.78, 5) is 31.8. The molecule has 0 bridgehead atoms. The number of rotatable bonds is 7. The average molecular weight is 594 g/mol. The van der Waals surface area contributed by atoms with Crippen LogP contribution in [0.2, 0.25) is 0 Å². The number of hydrogen-bond acceptors (Lipinski definition) is 8. The van der Waals surface area contributed by atoms with Crippen LogP contribution in [0.3, 0.4) is 0 Å². The number of pyridine rings is 1. The summed E-state index contributed by atoms with van der Waals surface area (Å²) in [6.45, 7) is 3.60. The Bertz CT molecular complexity index is 1760. The summed E-state index contributed by atoms with van der Waals surface area (Å²) in [7, 11) is 0. The number of benzene rings is 1. The highest BCUT2D eigenvalue weighted by molar-refractivity contribution is 6.01. The molecule has 3 aliphatic rings. The van der Waals surface area contributed by atoms with Gasteiger partial charge in [-0.25, -0.2) is 17.8 Å². The van der Waals surface area contributed by atoms with E-state index in [1.807, 2.05) is 0 Å². The summed E-state index contributed by atoms with van der Waals surface area (Å²) < 4.78 is 54.6. The highest BCUT2D eigenvalue weighted by Gasteiger charge is 2.58. The number of hydrogen-bond donors (Lipinski definition) is 3. The van der Waals surface area contributed by atoms with Gasteiger partial charge in [-0.05, 0) is 50.8 Å². The van der Waals surface area contributed by atoms with Gasteiger partial charge in [-0.2, -0.15) is 5.10 Å². The number of nitrogens with one attached hydrogen (secondary N) is 3. The van der Waals surface area contributed by atoms with Crippen molar-refractivity contribution in [2.45, 2.75) is 57.4 Å². The number of halogens is 3. The highest BCUT2D eigenvalue weighted by Crippen LogP contribution is 2.61. The molecule has 4 heterocycles. The molecule has 222 valence electrons. The SMILES string of the molecule is Cc1n[nH]c(C)c1-c1ncc(NC(=O)[C@@H](NC(=O)c2nonc2C2CC2)C2c3cc(F)c(F)cc3OCC23CC3)cc1F. The van der Waals surface area contributed by atoms with Gasteiger partial charge in [0.1, 0.15) is 23.2 Å². The van der Waals surface area contributed by atoms with Gasteiger partial charge in [0.05, 0.1) is 24.2 Å². The van der Waals surface area contributed by atoms with E-state index < -0.39 is 46.6 Å². The third-order valence-electron chi connectivity index (χ3n) is 8.52. The molecule has 2 amide bonds. The van der Waals surface area contributed by atoms with E-state index in [1.165, 1.54) is 6.20 Å². The Morgan fingerprint density at radius 2 is 1.84 bits per heavy atom. The van der Waals surface area contributed by atoms with Crippen molar-refractivity contribution < 1.29 is 32.1 Å². The zero-order valence-electron chi connectivity index (χ0n) is 23.1. The van der Waals surface area contributed by atoms with Crippen molar-refractivity contribution in [2.75, 3.05) is 11.9 Å². The molecule has 2 atom stereocenters. The lowest BCUT2D eigenvalue weighted by Gasteiger charge is -2.38. The summed E-state index contributed by atoms with van der Waals surface area (Å²) >= 11 is 0. The number of fused-ring (bicyclic) bond motifs is 1. The minimum atomic E-state index is -1.31. The third kappa shape index (κ3) is 4.70. The zero-order valence-corrected chi connectivity index (χ0v) is 23.1. The maximum Gasteiger partial charge on any atom is 0.276 e. The fourth-order valence-electron chi connectivity index (χ4n) is 6.00. The standard InChI is InChI=1S/C29H26F3N7O4/c1-12-21(13(2)37-36-12)24-19(32)7-15(10-33-24)34-27(40)25(35-28(41)26-23(14-3-4-14)38-43-39-26)22-16-8-17(30)18(31)9-20(16)42-11-29(22)5-6-29/h7-10,14,22,25H,3-6,11H2,1-2H3,(H,34,40)(H,35,41)(H,36,37)/t22?,25-/m0/s1. The highest BCUT2D eigenvalue weighted by atomic mass is 19.2. The molecule has 3 N–H and O–H groups in total. The Balaban J connectivity index is 1.25. The average Bonchev–Trinajstić information content (AvgIpc) is 3.89. The topological polar surface area (TPSA) is 148 Å². The van der Waals surface area contributed by atoms with Crippen LogP contribution < -0.4 is 15.4 Å². The second kappa shape index (κ2) is 9.92. The number of carbonyl (C=O) groups is 2. The van der Waals surface area contributed by atoms with Crippen molar-refractivity contribution in [3.8, 4) is 17.0 Å². The number of anilines is 1. The number of nitrogens with zero attached hydrogens (tertiary/aromatic N) is 4. The molecule has 43 heavy (non-hydrogen) atoms. The first-order chi connectivity index (χ1) is 20.6. The van der Waals surface area contributed by atoms with E-state index in [0.717, 1.165) is 31.0 Å². The van der Waals surface area contributed by atoms with Gasteiger partial charge in [0.2, 0.25) is 5.91 Å². The van der Waals surface area contributed by atoms with Crippen LogP contribution in [0.25, 0.3) is 11.3 Å². The van der Waals surface area contributed by atoms with Gasteiger partial charge >= 0.3 is 0 Å². The van der Waals surface area contributed by atoms with E-state index in [2.05, 4.69) is 36.1 Å². The normalized spacial score (nSPS) is 19.0. The molecule has 1 unspecified atom stereocenters. The van der Waals surface area contributed by atoms with Crippen molar-refractivity contribution in [1.29, 1.82) is 0 Å². The number of aromatic nitrogens is 5. The number of aryl methyl sites for hydroxylation is 2. The smallest absolute Gasteiger partial charge is 0.276 e. The second-order valence-electron chi connectivity index (χ2n) is 11.5. The Kier molecular flexibility index (Phi) is 6.25. The molecule has 4 aromatic rings. The fourth-order valence-corrected chi connectivity index (χ4v) is 6.00. The van der Waals surface area contributed by atoms with Gasteiger partial charge in [-0.15, -0.1) is 0 Å². The molecule has 2 fully saturated rings. The van der Waals surface area contributed by atoms with Gasteiger partial charge in [0.15, 0.2) is 23.1 Å². The summed E-state index contributed by atoms with van der Waals surface area (Å²) in [6.07, 6.45) is 4.21. The summed E-state index contributed by atoms with van der Waals surface area (Å²) in [5.41, 5.74) is 1.78. The first-order valence-corrected chi connectivity index (χ1v) is 13.9. The summed E-state index contributed by atoms with van der Waals surface area (Å²) in [5, 5.41) is 19.9. The van der Waals surface area contributed by atoms with Crippen molar-refractivity contribution >= 4 is 17.5 Å². The van der Waals surface area contributed by atoms with Crippen LogP contribution in [0.1, 0.15) is 70.7 Å². The van der Waals surface area contributed by atoms with E-state index in [0.29, 0.717) is 35.5 Å². The second-order valence-corrected chi connectivity index (χ2v) is 11.5.